The molecule has 3 rings (SSSR count). The van der Waals surface area contributed by atoms with Crippen LogP contribution in [0.4, 0.5) is 0 Å². The van der Waals surface area contributed by atoms with Gasteiger partial charge in [-0.1, -0.05) is 5.16 Å². The topological polar surface area (TPSA) is 77.2 Å². The van der Waals surface area contributed by atoms with E-state index in [2.05, 4.69) is 15.5 Å². The van der Waals surface area contributed by atoms with Crippen LogP contribution in [0.15, 0.2) is 21.3 Å². The number of hydrogen-bond acceptors (Lipinski definition) is 6. The standard InChI is InChI=1S/C15H19N3O3S/c19-14(4-3-11-2-1-6-20-9-11)16-8-13-17-15(21-18-13)12-5-7-22-10-12/h5,7,10-11H,1-4,6,8-9H2,(H,16,19). The second kappa shape index (κ2) is 7.51. The van der Waals surface area contributed by atoms with Gasteiger partial charge in [0.25, 0.3) is 5.89 Å². The number of nitrogens with zero attached hydrogens (tertiary/aromatic N) is 2. The smallest absolute Gasteiger partial charge is 0.258 e. The molecule has 0 aliphatic carbocycles. The third-order valence-electron chi connectivity index (χ3n) is 3.71. The molecule has 0 radical (unpaired) electrons. The van der Waals surface area contributed by atoms with Gasteiger partial charge in [-0.25, -0.2) is 0 Å². The zero-order chi connectivity index (χ0) is 15.2. The summed E-state index contributed by atoms with van der Waals surface area (Å²) < 4.78 is 10.6. The minimum atomic E-state index is 0.0208. The summed E-state index contributed by atoms with van der Waals surface area (Å²) >= 11 is 1.57. The summed E-state index contributed by atoms with van der Waals surface area (Å²) in [7, 11) is 0. The number of rotatable bonds is 6. The maximum Gasteiger partial charge on any atom is 0.258 e. The van der Waals surface area contributed by atoms with Gasteiger partial charge in [0.1, 0.15) is 0 Å². The van der Waals surface area contributed by atoms with E-state index in [0.717, 1.165) is 38.0 Å². The fourth-order valence-electron chi connectivity index (χ4n) is 2.47. The third kappa shape index (κ3) is 4.14. The fraction of sp³-hybridized carbons (Fsp3) is 0.533. The van der Waals surface area contributed by atoms with Crippen molar-refractivity contribution in [1.29, 1.82) is 0 Å². The van der Waals surface area contributed by atoms with Crippen LogP contribution in [0.5, 0.6) is 0 Å². The summed E-state index contributed by atoms with van der Waals surface area (Å²) in [5.74, 6) is 1.52. The Morgan fingerprint density at radius 3 is 3.23 bits per heavy atom. The molecule has 1 amide bonds. The predicted molar refractivity (Wildman–Crippen MR) is 82.2 cm³/mol. The Morgan fingerprint density at radius 1 is 1.50 bits per heavy atom. The highest BCUT2D eigenvalue weighted by Gasteiger charge is 2.16. The molecule has 1 aliphatic rings. The molecular formula is C15H19N3O3S. The molecule has 1 N–H and O–H groups in total. The van der Waals surface area contributed by atoms with Crippen molar-refractivity contribution < 1.29 is 14.1 Å². The lowest BCUT2D eigenvalue weighted by atomic mass is 9.97. The van der Waals surface area contributed by atoms with Crippen molar-refractivity contribution >= 4 is 17.2 Å². The van der Waals surface area contributed by atoms with Gasteiger partial charge in [0.2, 0.25) is 5.91 Å². The van der Waals surface area contributed by atoms with Crippen molar-refractivity contribution in [2.24, 2.45) is 5.92 Å². The van der Waals surface area contributed by atoms with Gasteiger partial charge in [0.05, 0.1) is 12.1 Å². The molecule has 1 unspecified atom stereocenters. The highest BCUT2D eigenvalue weighted by Crippen LogP contribution is 2.20. The van der Waals surface area contributed by atoms with E-state index in [4.69, 9.17) is 9.26 Å². The van der Waals surface area contributed by atoms with Crippen LogP contribution in [0.1, 0.15) is 31.5 Å². The first-order chi connectivity index (χ1) is 10.8. The van der Waals surface area contributed by atoms with Gasteiger partial charge in [0.15, 0.2) is 5.82 Å². The Morgan fingerprint density at radius 2 is 2.45 bits per heavy atom. The lowest BCUT2D eigenvalue weighted by Crippen LogP contribution is -2.25. The summed E-state index contributed by atoms with van der Waals surface area (Å²) in [5, 5.41) is 10.6. The van der Waals surface area contributed by atoms with Crippen LogP contribution in [-0.4, -0.2) is 29.3 Å². The highest BCUT2D eigenvalue weighted by atomic mass is 32.1. The summed E-state index contributed by atoms with van der Waals surface area (Å²) in [6, 6.07) is 1.92. The van der Waals surface area contributed by atoms with Crippen molar-refractivity contribution in [3.63, 3.8) is 0 Å². The molecule has 1 saturated heterocycles. The minimum Gasteiger partial charge on any atom is -0.381 e. The molecule has 0 spiro atoms. The van der Waals surface area contributed by atoms with Crippen LogP contribution in [-0.2, 0) is 16.1 Å². The Labute approximate surface area is 132 Å². The number of carbonyl (C=O) groups is 1. The van der Waals surface area contributed by atoms with Crippen molar-refractivity contribution in [2.75, 3.05) is 13.2 Å². The molecule has 0 saturated carbocycles. The van der Waals surface area contributed by atoms with Gasteiger partial charge in [-0.3, -0.25) is 4.79 Å². The molecule has 0 aromatic carbocycles. The highest BCUT2D eigenvalue weighted by molar-refractivity contribution is 7.08. The minimum absolute atomic E-state index is 0.0208. The number of aromatic nitrogens is 2. The van der Waals surface area contributed by atoms with Crippen LogP contribution in [0.2, 0.25) is 0 Å². The van der Waals surface area contributed by atoms with Crippen molar-refractivity contribution in [3.05, 3.63) is 22.7 Å². The molecule has 3 heterocycles. The Bertz CT molecular complexity index is 591. The van der Waals surface area contributed by atoms with Crippen molar-refractivity contribution in [2.45, 2.75) is 32.2 Å². The third-order valence-corrected chi connectivity index (χ3v) is 4.40. The molecule has 1 fully saturated rings. The van der Waals surface area contributed by atoms with E-state index in [9.17, 15) is 4.79 Å². The lowest BCUT2D eigenvalue weighted by Gasteiger charge is -2.21. The van der Waals surface area contributed by atoms with Crippen LogP contribution in [0.25, 0.3) is 11.5 Å². The average Bonchev–Trinajstić information content (AvgIpc) is 3.22. The van der Waals surface area contributed by atoms with E-state index in [1.807, 2.05) is 16.8 Å². The van der Waals surface area contributed by atoms with Gasteiger partial charge >= 0.3 is 0 Å². The van der Waals surface area contributed by atoms with Gasteiger partial charge in [-0.05, 0) is 36.6 Å². The Hall–Kier alpha value is -1.73. The quantitative estimate of drug-likeness (QED) is 0.885. The molecule has 1 aliphatic heterocycles. The Balaban J connectivity index is 1.41. The van der Waals surface area contributed by atoms with Crippen molar-refractivity contribution in [1.82, 2.24) is 15.5 Å². The van der Waals surface area contributed by atoms with Crippen molar-refractivity contribution in [3.8, 4) is 11.5 Å². The second-order valence-corrected chi connectivity index (χ2v) is 6.21. The summed E-state index contributed by atoms with van der Waals surface area (Å²) in [6.07, 6.45) is 3.64. The van der Waals surface area contributed by atoms with Gasteiger partial charge < -0.3 is 14.6 Å². The van der Waals surface area contributed by atoms with Gasteiger partial charge in [-0.2, -0.15) is 16.3 Å². The molecular weight excluding hydrogens is 302 g/mol. The Kier molecular flexibility index (Phi) is 5.18. The summed E-state index contributed by atoms with van der Waals surface area (Å²) in [4.78, 5) is 16.1. The second-order valence-electron chi connectivity index (χ2n) is 5.43. The molecule has 2 aromatic rings. The number of thiophene rings is 1. The zero-order valence-electron chi connectivity index (χ0n) is 12.3. The first-order valence-corrected chi connectivity index (χ1v) is 8.45. The normalized spacial score (nSPS) is 18.3. The predicted octanol–water partition coefficient (Wildman–Crippen LogP) is 2.62. The van der Waals surface area contributed by atoms with E-state index in [0.29, 0.717) is 30.6 Å². The van der Waals surface area contributed by atoms with E-state index < -0.39 is 0 Å². The van der Waals surface area contributed by atoms with Crippen LogP contribution >= 0.6 is 11.3 Å². The molecule has 1 atom stereocenters. The van der Waals surface area contributed by atoms with E-state index in [-0.39, 0.29) is 5.91 Å². The lowest BCUT2D eigenvalue weighted by molar-refractivity contribution is -0.121. The monoisotopic (exact) mass is 321 g/mol. The maximum absolute atomic E-state index is 11.9. The maximum atomic E-state index is 11.9. The number of ether oxygens (including phenoxy) is 1. The largest absolute Gasteiger partial charge is 0.381 e. The van der Waals surface area contributed by atoms with Crippen LogP contribution in [0, 0.1) is 5.92 Å². The SMILES string of the molecule is O=C(CCC1CCCOC1)NCc1noc(-c2ccsc2)n1. The summed E-state index contributed by atoms with van der Waals surface area (Å²) in [6.45, 7) is 1.93. The molecule has 118 valence electrons. The zero-order valence-corrected chi connectivity index (χ0v) is 13.1. The van der Waals surface area contributed by atoms with E-state index in [1.54, 1.807) is 11.3 Å². The first-order valence-electron chi connectivity index (χ1n) is 7.51. The molecule has 2 aromatic heterocycles. The number of hydrogen-bond donors (Lipinski definition) is 1. The number of nitrogens with one attached hydrogen (secondary N) is 1. The molecule has 0 bridgehead atoms. The molecule has 22 heavy (non-hydrogen) atoms. The van der Waals surface area contributed by atoms with Crippen LogP contribution < -0.4 is 5.32 Å². The fourth-order valence-corrected chi connectivity index (χ4v) is 3.10. The number of amides is 1. The summed E-state index contributed by atoms with van der Waals surface area (Å²) in [5.41, 5.74) is 0.910. The average molecular weight is 321 g/mol. The van der Waals surface area contributed by atoms with E-state index >= 15 is 0 Å². The van der Waals surface area contributed by atoms with Gasteiger partial charge in [-0.15, -0.1) is 0 Å². The number of carbonyl (C=O) groups excluding carboxylic acids is 1. The molecule has 7 heteroatoms. The first kappa shape index (κ1) is 15.2. The van der Waals surface area contributed by atoms with Gasteiger partial charge in [0, 0.05) is 25.0 Å². The molecule has 6 nitrogen and oxygen atoms in total. The van der Waals surface area contributed by atoms with Crippen LogP contribution in [0.3, 0.4) is 0 Å². The van der Waals surface area contributed by atoms with E-state index in [1.165, 1.54) is 0 Å².